The molecule has 0 spiro atoms. The number of rotatable bonds is 1. The minimum absolute atomic E-state index is 0.109. The van der Waals surface area contributed by atoms with Gasteiger partial charge in [-0.15, -0.1) is 0 Å². The van der Waals surface area contributed by atoms with Crippen LogP contribution < -0.4 is 5.32 Å². The molecular formula is C13H16BrNO. The summed E-state index contributed by atoms with van der Waals surface area (Å²) in [6.45, 7) is 6.47. The van der Waals surface area contributed by atoms with E-state index in [0.29, 0.717) is 18.3 Å². The topological polar surface area (TPSA) is 29.1 Å². The monoisotopic (exact) mass is 281 g/mol. The van der Waals surface area contributed by atoms with Gasteiger partial charge in [0.1, 0.15) is 0 Å². The molecule has 1 N–H and O–H groups in total. The van der Waals surface area contributed by atoms with Gasteiger partial charge in [0.25, 0.3) is 0 Å². The van der Waals surface area contributed by atoms with E-state index in [1.54, 1.807) is 0 Å². The molecule has 16 heavy (non-hydrogen) atoms. The predicted molar refractivity (Wildman–Crippen MR) is 69.9 cm³/mol. The maximum absolute atomic E-state index is 11.5. The Morgan fingerprint density at radius 3 is 2.75 bits per heavy atom. The van der Waals surface area contributed by atoms with Gasteiger partial charge in [-0.2, -0.15) is 0 Å². The second-order valence-corrected chi connectivity index (χ2v) is 5.63. The van der Waals surface area contributed by atoms with Crippen molar-refractivity contribution in [3.05, 3.63) is 27.7 Å². The summed E-state index contributed by atoms with van der Waals surface area (Å²) in [7, 11) is 0. The number of nitrogens with one attached hydrogen (secondary N) is 1. The number of anilines is 1. The first-order valence-corrected chi connectivity index (χ1v) is 6.41. The second-order valence-electron chi connectivity index (χ2n) is 4.78. The zero-order valence-corrected chi connectivity index (χ0v) is 11.4. The van der Waals surface area contributed by atoms with Gasteiger partial charge in [-0.1, -0.05) is 26.8 Å². The molecule has 1 aliphatic heterocycles. The lowest BCUT2D eigenvalue weighted by atomic mass is 9.89. The Labute approximate surface area is 105 Å². The molecule has 1 aromatic rings. The molecule has 0 aromatic heterocycles. The highest BCUT2D eigenvalue weighted by atomic mass is 79.9. The summed E-state index contributed by atoms with van der Waals surface area (Å²) in [6, 6.07) is 4.32. The molecule has 0 saturated heterocycles. The Hall–Kier alpha value is -0.830. The molecule has 1 amide bonds. The molecule has 0 radical (unpaired) electrons. The SMILES string of the molecule is CC(C)c1cc(Br)c2c(c1)[C@H](C)CC(=O)N2. The number of carbonyl (C=O) groups is 1. The second kappa shape index (κ2) is 4.21. The van der Waals surface area contributed by atoms with Crippen molar-refractivity contribution in [2.45, 2.75) is 39.0 Å². The van der Waals surface area contributed by atoms with Crippen LogP contribution in [0.3, 0.4) is 0 Å². The van der Waals surface area contributed by atoms with Crippen LogP contribution in [0.1, 0.15) is 50.2 Å². The normalized spacial score (nSPS) is 19.6. The van der Waals surface area contributed by atoms with E-state index in [4.69, 9.17) is 0 Å². The van der Waals surface area contributed by atoms with E-state index in [1.807, 2.05) is 0 Å². The first kappa shape index (κ1) is 11.6. The number of hydrogen-bond acceptors (Lipinski definition) is 1. The van der Waals surface area contributed by atoms with Crippen molar-refractivity contribution in [3.8, 4) is 0 Å². The van der Waals surface area contributed by atoms with Crippen molar-refractivity contribution < 1.29 is 4.79 Å². The lowest BCUT2D eigenvalue weighted by molar-refractivity contribution is -0.116. The van der Waals surface area contributed by atoms with Gasteiger partial charge >= 0.3 is 0 Å². The quantitative estimate of drug-likeness (QED) is 0.828. The van der Waals surface area contributed by atoms with Crippen LogP contribution in [0.15, 0.2) is 16.6 Å². The fraction of sp³-hybridized carbons (Fsp3) is 0.462. The van der Waals surface area contributed by atoms with E-state index in [2.05, 4.69) is 54.2 Å². The van der Waals surface area contributed by atoms with Crippen molar-refractivity contribution in [1.82, 2.24) is 0 Å². The highest BCUT2D eigenvalue weighted by molar-refractivity contribution is 9.10. The third kappa shape index (κ3) is 2.01. The molecule has 2 rings (SSSR count). The van der Waals surface area contributed by atoms with Crippen LogP contribution in [0, 0.1) is 0 Å². The van der Waals surface area contributed by atoms with Gasteiger partial charge in [-0.05, 0) is 45.0 Å². The van der Waals surface area contributed by atoms with Gasteiger partial charge in [-0.3, -0.25) is 4.79 Å². The summed E-state index contributed by atoms with van der Waals surface area (Å²) in [5, 5.41) is 2.94. The Balaban J connectivity index is 2.54. The molecule has 1 atom stereocenters. The highest BCUT2D eigenvalue weighted by Crippen LogP contribution is 2.39. The number of amides is 1. The lowest BCUT2D eigenvalue weighted by Crippen LogP contribution is -2.22. The van der Waals surface area contributed by atoms with E-state index < -0.39 is 0 Å². The third-order valence-corrected chi connectivity index (χ3v) is 3.72. The first-order valence-electron chi connectivity index (χ1n) is 5.62. The summed E-state index contributed by atoms with van der Waals surface area (Å²) in [4.78, 5) is 11.5. The molecule has 2 nitrogen and oxygen atoms in total. The van der Waals surface area contributed by atoms with Gasteiger partial charge in [-0.25, -0.2) is 0 Å². The number of halogens is 1. The van der Waals surface area contributed by atoms with Crippen molar-refractivity contribution >= 4 is 27.5 Å². The highest BCUT2D eigenvalue weighted by Gasteiger charge is 2.24. The Morgan fingerprint density at radius 2 is 2.12 bits per heavy atom. The minimum Gasteiger partial charge on any atom is -0.325 e. The van der Waals surface area contributed by atoms with Crippen molar-refractivity contribution in [2.75, 3.05) is 5.32 Å². The molecule has 1 aromatic carbocycles. The summed E-state index contributed by atoms with van der Waals surface area (Å²) < 4.78 is 0.994. The summed E-state index contributed by atoms with van der Waals surface area (Å²) in [5.74, 6) is 0.920. The van der Waals surface area contributed by atoms with Crippen molar-refractivity contribution in [2.24, 2.45) is 0 Å². The van der Waals surface area contributed by atoms with Crippen LogP contribution in [0.4, 0.5) is 5.69 Å². The van der Waals surface area contributed by atoms with Gasteiger partial charge in [0.05, 0.1) is 5.69 Å². The average Bonchev–Trinajstić information content (AvgIpc) is 2.19. The fourth-order valence-electron chi connectivity index (χ4n) is 2.08. The van der Waals surface area contributed by atoms with E-state index in [0.717, 1.165) is 10.2 Å². The zero-order chi connectivity index (χ0) is 11.9. The van der Waals surface area contributed by atoms with Crippen LogP contribution in [-0.2, 0) is 4.79 Å². The third-order valence-electron chi connectivity index (χ3n) is 3.10. The van der Waals surface area contributed by atoms with Gasteiger partial charge in [0, 0.05) is 10.9 Å². The smallest absolute Gasteiger partial charge is 0.225 e. The van der Waals surface area contributed by atoms with E-state index in [1.165, 1.54) is 11.1 Å². The van der Waals surface area contributed by atoms with Crippen LogP contribution in [0.5, 0.6) is 0 Å². The average molecular weight is 282 g/mol. The molecule has 0 saturated carbocycles. The first-order chi connectivity index (χ1) is 7.49. The molecule has 0 fully saturated rings. The molecule has 1 aliphatic rings. The van der Waals surface area contributed by atoms with E-state index >= 15 is 0 Å². The van der Waals surface area contributed by atoms with Crippen LogP contribution in [0.2, 0.25) is 0 Å². The van der Waals surface area contributed by atoms with Gasteiger partial charge in [0.2, 0.25) is 5.91 Å². The van der Waals surface area contributed by atoms with Crippen LogP contribution >= 0.6 is 15.9 Å². The summed E-state index contributed by atoms with van der Waals surface area (Å²) in [6.07, 6.45) is 0.584. The molecule has 3 heteroatoms. The number of hydrogen-bond donors (Lipinski definition) is 1. The Bertz CT molecular complexity index is 440. The minimum atomic E-state index is 0.109. The molecule has 0 unspecified atom stereocenters. The predicted octanol–water partition coefficient (Wildman–Crippen LogP) is 4.02. The van der Waals surface area contributed by atoms with E-state index in [-0.39, 0.29) is 5.91 Å². The molecule has 1 heterocycles. The Kier molecular flexibility index (Phi) is 3.06. The van der Waals surface area contributed by atoms with Gasteiger partial charge < -0.3 is 5.32 Å². The maximum Gasteiger partial charge on any atom is 0.225 e. The zero-order valence-electron chi connectivity index (χ0n) is 9.80. The van der Waals surface area contributed by atoms with Crippen molar-refractivity contribution in [1.29, 1.82) is 0 Å². The molecular weight excluding hydrogens is 266 g/mol. The van der Waals surface area contributed by atoms with Crippen molar-refractivity contribution in [3.63, 3.8) is 0 Å². The van der Waals surface area contributed by atoms with Crippen LogP contribution in [0.25, 0.3) is 0 Å². The van der Waals surface area contributed by atoms with Crippen LogP contribution in [-0.4, -0.2) is 5.91 Å². The van der Waals surface area contributed by atoms with Gasteiger partial charge in [0.15, 0.2) is 0 Å². The lowest BCUT2D eigenvalue weighted by Gasteiger charge is -2.25. The molecule has 0 bridgehead atoms. The summed E-state index contributed by atoms with van der Waals surface area (Å²) in [5.41, 5.74) is 3.51. The maximum atomic E-state index is 11.5. The number of fused-ring (bicyclic) bond motifs is 1. The Morgan fingerprint density at radius 1 is 1.44 bits per heavy atom. The summed E-state index contributed by atoms with van der Waals surface area (Å²) >= 11 is 3.54. The standard InChI is InChI=1S/C13H16BrNO/c1-7(2)9-5-10-8(3)4-12(16)15-13(10)11(14)6-9/h5-8H,4H2,1-3H3,(H,15,16)/t8-/m1/s1. The van der Waals surface area contributed by atoms with E-state index in [9.17, 15) is 4.79 Å². The molecule has 86 valence electrons. The fourth-order valence-corrected chi connectivity index (χ4v) is 2.67. The number of benzene rings is 1. The number of carbonyl (C=O) groups excluding carboxylic acids is 1. The largest absolute Gasteiger partial charge is 0.325 e. The molecule has 0 aliphatic carbocycles.